The average Bonchev–Trinajstić information content (AvgIpc) is 2.09. The number of likely N-dealkylation sites (tertiary alicyclic amines) is 1. The van der Waals surface area contributed by atoms with E-state index in [4.69, 9.17) is 5.11 Å². The topological polar surface area (TPSA) is 60.8 Å². The Morgan fingerprint density at radius 2 is 1.94 bits per heavy atom. The van der Waals surface area contributed by atoms with Gasteiger partial charge in [0.25, 0.3) is 0 Å². The normalized spacial score (nSPS) is 23.9. The Hall–Kier alpha value is -0.610. The first-order valence-corrected chi connectivity index (χ1v) is 5.91. The monoisotopic (exact) mass is 229 g/mol. The predicted molar refractivity (Wildman–Crippen MR) is 62.2 cm³/mol. The van der Waals surface area contributed by atoms with Crippen molar-refractivity contribution in [3.8, 4) is 0 Å². The molecule has 0 aromatic heterocycles. The van der Waals surface area contributed by atoms with Gasteiger partial charge < -0.3 is 10.2 Å². The van der Waals surface area contributed by atoms with E-state index < -0.39 is 11.6 Å². The van der Waals surface area contributed by atoms with Crippen LogP contribution in [0.25, 0.3) is 0 Å². The number of aliphatic hydroxyl groups is 1. The van der Waals surface area contributed by atoms with Crippen LogP contribution in [0.1, 0.15) is 27.7 Å². The molecule has 0 aromatic rings. The molecule has 0 spiro atoms. The van der Waals surface area contributed by atoms with Gasteiger partial charge in [-0.25, -0.2) is 0 Å². The summed E-state index contributed by atoms with van der Waals surface area (Å²) >= 11 is 0. The Morgan fingerprint density at radius 3 is 2.31 bits per heavy atom. The van der Waals surface area contributed by atoms with Crippen LogP contribution >= 0.6 is 0 Å². The Labute approximate surface area is 97.3 Å². The number of nitrogens with zero attached hydrogens (tertiary/aromatic N) is 1. The highest BCUT2D eigenvalue weighted by molar-refractivity contribution is 5.70. The Bertz CT molecular complexity index is 257. The average molecular weight is 229 g/mol. The third-order valence-corrected chi connectivity index (χ3v) is 3.87. The molecule has 0 aliphatic carbocycles. The van der Waals surface area contributed by atoms with Crippen LogP contribution in [0.15, 0.2) is 0 Å². The summed E-state index contributed by atoms with van der Waals surface area (Å²) in [6.07, 6.45) is 0. The zero-order valence-corrected chi connectivity index (χ0v) is 10.6. The van der Waals surface area contributed by atoms with Gasteiger partial charge in [-0.2, -0.15) is 0 Å². The number of rotatable bonds is 5. The van der Waals surface area contributed by atoms with E-state index in [9.17, 15) is 9.90 Å². The van der Waals surface area contributed by atoms with Crippen molar-refractivity contribution in [2.45, 2.75) is 33.3 Å². The lowest BCUT2D eigenvalue weighted by Gasteiger charge is -2.45. The van der Waals surface area contributed by atoms with Gasteiger partial charge in [0.1, 0.15) is 0 Å². The lowest BCUT2D eigenvalue weighted by molar-refractivity contribution is -0.146. The zero-order valence-electron chi connectivity index (χ0n) is 10.6. The highest BCUT2D eigenvalue weighted by Gasteiger charge is 2.38. The number of carboxylic acid groups (broad SMARTS) is 1. The lowest BCUT2D eigenvalue weighted by atomic mass is 9.84. The maximum absolute atomic E-state index is 10.8. The van der Waals surface area contributed by atoms with Gasteiger partial charge in [0.2, 0.25) is 0 Å². The summed E-state index contributed by atoms with van der Waals surface area (Å²) in [5.74, 6) is -0.551. The molecule has 16 heavy (non-hydrogen) atoms. The smallest absolute Gasteiger partial charge is 0.306 e. The van der Waals surface area contributed by atoms with Gasteiger partial charge >= 0.3 is 5.97 Å². The molecule has 1 aliphatic heterocycles. The fourth-order valence-electron chi connectivity index (χ4n) is 1.89. The fraction of sp³-hybridized carbons (Fsp3) is 0.917. The third kappa shape index (κ3) is 2.95. The Balaban J connectivity index is 2.34. The van der Waals surface area contributed by atoms with Crippen LogP contribution in [0.2, 0.25) is 0 Å². The first kappa shape index (κ1) is 13.5. The van der Waals surface area contributed by atoms with Crippen LogP contribution in [0.5, 0.6) is 0 Å². The summed E-state index contributed by atoms with van der Waals surface area (Å²) in [6, 6.07) is 0. The molecule has 1 heterocycles. The standard InChI is InChI=1S/C12H23NO3/c1-8(2)12(4,16)7-13-5-10(6-13)9(3)11(14)15/h8-10,16H,5-7H2,1-4H3,(H,14,15). The summed E-state index contributed by atoms with van der Waals surface area (Å²) in [5.41, 5.74) is -0.683. The second kappa shape index (κ2) is 4.72. The minimum Gasteiger partial charge on any atom is -0.481 e. The summed E-state index contributed by atoms with van der Waals surface area (Å²) in [6.45, 7) is 9.80. The largest absolute Gasteiger partial charge is 0.481 e. The molecule has 4 nitrogen and oxygen atoms in total. The van der Waals surface area contributed by atoms with Crippen molar-refractivity contribution < 1.29 is 15.0 Å². The molecule has 1 saturated heterocycles. The van der Waals surface area contributed by atoms with Gasteiger partial charge in [0.15, 0.2) is 0 Å². The summed E-state index contributed by atoms with van der Waals surface area (Å²) < 4.78 is 0. The maximum atomic E-state index is 10.8. The quantitative estimate of drug-likeness (QED) is 0.739. The first-order valence-electron chi connectivity index (χ1n) is 5.91. The molecule has 0 bridgehead atoms. The molecule has 0 saturated carbocycles. The second-order valence-corrected chi connectivity index (χ2v) is 5.59. The zero-order chi connectivity index (χ0) is 12.5. The first-order chi connectivity index (χ1) is 7.24. The van der Waals surface area contributed by atoms with Crippen molar-refractivity contribution in [1.82, 2.24) is 4.90 Å². The van der Waals surface area contributed by atoms with Gasteiger partial charge in [0, 0.05) is 19.6 Å². The molecule has 1 aliphatic rings. The van der Waals surface area contributed by atoms with E-state index in [1.807, 2.05) is 20.8 Å². The summed E-state index contributed by atoms with van der Waals surface area (Å²) in [7, 11) is 0. The second-order valence-electron chi connectivity index (χ2n) is 5.59. The molecule has 1 rings (SSSR count). The van der Waals surface area contributed by atoms with Crippen molar-refractivity contribution in [3.63, 3.8) is 0 Å². The molecule has 2 unspecified atom stereocenters. The van der Waals surface area contributed by atoms with E-state index in [1.165, 1.54) is 0 Å². The molecule has 0 radical (unpaired) electrons. The number of aliphatic carboxylic acids is 1. The van der Waals surface area contributed by atoms with Crippen LogP contribution < -0.4 is 0 Å². The maximum Gasteiger partial charge on any atom is 0.306 e. The van der Waals surface area contributed by atoms with E-state index in [-0.39, 0.29) is 17.8 Å². The van der Waals surface area contributed by atoms with E-state index in [0.717, 1.165) is 13.1 Å². The van der Waals surface area contributed by atoms with Crippen LogP contribution in [0.3, 0.4) is 0 Å². The summed E-state index contributed by atoms with van der Waals surface area (Å²) in [5, 5.41) is 19.0. The van der Waals surface area contributed by atoms with Gasteiger partial charge in [-0.1, -0.05) is 20.8 Å². The predicted octanol–water partition coefficient (Wildman–Crippen LogP) is 1.05. The molecular formula is C12H23NO3. The highest BCUT2D eigenvalue weighted by Crippen LogP contribution is 2.27. The summed E-state index contributed by atoms with van der Waals surface area (Å²) in [4.78, 5) is 12.9. The SMILES string of the molecule is CC(C(=O)O)C1CN(CC(C)(O)C(C)C)C1. The van der Waals surface area contributed by atoms with Crippen molar-refractivity contribution in [2.75, 3.05) is 19.6 Å². The van der Waals surface area contributed by atoms with E-state index in [0.29, 0.717) is 6.54 Å². The Morgan fingerprint density at radius 1 is 1.44 bits per heavy atom. The van der Waals surface area contributed by atoms with Gasteiger partial charge in [-0.3, -0.25) is 9.69 Å². The molecule has 2 atom stereocenters. The van der Waals surface area contributed by atoms with Crippen LogP contribution in [0, 0.1) is 17.8 Å². The molecule has 2 N–H and O–H groups in total. The molecule has 94 valence electrons. The third-order valence-electron chi connectivity index (χ3n) is 3.87. The van der Waals surface area contributed by atoms with Crippen molar-refractivity contribution in [3.05, 3.63) is 0 Å². The van der Waals surface area contributed by atoms with Crippen molar-refractivity contribution in [2.24, 2.45) is 17.8 Å². The van der Waals surface area contributed by atoms with Gasteiger partial charge in [-0.05, 0) is 18.8 Å². The molecule has 0 amide bonds. The number of hydrogen-bond acceptors (Lipinski definition) is 3. The number of β-amino-alcohol motifs (C(OH)–C–C–N with tert-alkyl or cyclic N) is 1. The van der Waals surface area contributed by atoms with Gasteiger partial charge in [-0.15, -0.1) is 0 Å². The molecule has 1 fully saturated rings. The van der Waals surface area contributed by atoms with Crippen LogP contribution in [0.4, 0.5) is 0 Å². The Kier molecular flexibility index (Phi) is 3.97. The van der Waals surface area contributed by atoms with E-state index in [2.05, 4.69) is 4.90 Å². The van der Waals surface area contributed by atoms with E-state index >= 15 is 0 Å². The molecular weight excluding hydrogens is 206 g/mol. The van der Waals surface area contributed by atoms with Crippen molar-refractivity contribution in [1.29, 1.82) is 0 Å². The van der Waals surface area contributed by atoms with Crippen LogP contribution in [-0.4, -0.2) is 46.3 Å². The van der Waals surface area contributed by atoms with Crippen LogP contribution in [-0.2, 0) is 4.79 Å². The van der Waals surface area contributed by atoms with Gasteiger partial charge in [0.05, 0.1) is 11.5 Å². The lowest BCUT2D eigenvalue weighted by Crippen LogP contribution is -2.56. The number of carboxylic acids is 1. The number of carbonyl (C=O) groups is 1. The van der Waals surface area contributed by atoms with Crippen molar-refractivity contribution >= 4 is 5.97 Å². The fourth-order valence-corrected chi connectivity index (χ4v) is 1.89. The van der Waals surface area contributed by atoms with E-state index in [1.54, 1.807) is 6.92 Å². The number of hydrogen-bond donors (Lipinski definition) is 2. The highest BCUT2D eigenvalue weighted by atomic mass is 16.4. The minimum absolute atomic E-state index is 0.212. The molecule has 0 aromatic carbocycles. The minimum atomic E-state index is -0.722. The molecule has 4 heteroatoms.